The molecule has 1 N–H and O–H groups in total. The smallest absolute Gasteiger partial charge is 0.317 e. The molecule has 0 unspecified atom stereocenters. The van der Waals surface area contributed by atoms with E-state index < -0.39 is 18.4 Å². The predicted octanol–water partition coefficient (Wildman–Crippen LogP) is 1.83. The standard InChI is InChI=1S/C10H18O4/c1-4-10(2,3)5-6-14-9(13)7-8(11)12/h4-7H2,1-3H3,(H,11,12). The lowest BCUT2D eigenvalue weighted by Crippen LogP contribution is -2.17. The molecule has 0 aliphatic rings. The van der Waals surface area contributed by atoms with Crippen LogP contribution < -0.4 is 0 Å². The van der Waals surface area contributed by atoms with E-state index in [9.17, 15) is 9.59 Å². The Labute approximate surface area is 84.3 Å². The fraction of sp³-hybridized carbons (Fsp3) is 0.800. The number of carboxylic acid groups (broad SMARTS) is 1. The van der Waals surface area contributed by atoms with Gasteiger partial charge in [-0.1, -0.05) is 27.2 Å². The monoisotopic (exact) mass is 202 g/mol. The molecule has 0 spiro atoms. The van der Waals surface area contributed by atoms with E-state index in [0.717, 1.165) is 12.8 Å². The molecule has 14 heavy (non-hydrogen) atoms. The number of ether oxygens (including phenoxy) is 1. The minimum atomic E-state index is -1.15. The second-order valence-corrected chi connectivity index (χ2v) is 4.06. The molecule has 4 nitrogen and oxygen atoms in total. The van der Waals surface area contributed by atoms with Crippen molar-refractivity contribution < 1.29 is 19.4 Å². The van der Waals surface area contributed by atoms with Crippen LogP contribution in [0.2, 0.25) is 0 Å². The zero-order chi connectivity index (χ0) is 11.2. The van der Waals surface area contributed by atoms with Gasteiger partial charge in [0.05, 0.1) is 6.61 Å². The van der Waals surface area contributed by atoms with Crippen LogP contribution in [0.1, 0.15) is 40.0 Å². The summed E-state index contributed by atoms with van der Waals surface area (Å²) in [6.07, 6.45) is 1.21. The molecule has 0 fully saturated rings. The average molecular weight is 202 g/mol. The van der Waals surface area contributed by atoms with Crippen molar-refractivity contribution in [3.05, 3.63) is 0 Å². The lowest BCUT2D eigenvalue weighted by atomic mass is 9.87. The molecule has 0 saturated heterocycles. The Bertz CT molecular complexity index is 208. The van der Waals surface area contributed by atoms with Gasteiger partial charge in [0.15, 0.2) is 0 Å². The van der Waals surface area contributed by atoms with Gasteiger partial charge in [-0.25, -0.2) is 0 Å². The molecule has 0 aromatic heterocycles. The number of carbonyl (C=O) groups is 2. The van der Waals surface area contributed by atoms with E-state index in [-0.39, 0.29) is 5.41 Å². The lowest BCUT2D eigenvalue weighted by Gasteiger charge is -2.21. The number of hydrogen-bond acceptors (Lipinski definition) is 3. The van der Waals surface area contributed by atoms with Crippen molar-refractivity contribution in [3.8, 4) is 0 Å². The van der Waals surface area contributed by atoms with E-state index >= 15 is 0 Å². The maximum absolute atomic E-state index is 10.8. The van der Waals surface area contributed by atoms with E-state index in [0.29, 0.717) is 6.61 Å². The van der Waals surface area contributed by atoms with Gasteiger partial charge in [0.25, 0.3) is 0 Å². The Morgan fingerprint density at radius 2 is 1.93 bits per heavy atom. The summed E-state index contributed by atoms with van der Waals surface area (Å²) in [6.45, 7) is 6.53. The number of rotatable bonds is 6. The van der Waals surface area contributed by atoms with Crippen LogP contribution >= 0.6 is 0 Å². The van der Waals surface area contributed by atoms with Crippen LogP contribution in [0.3, 0.4) is 0 Å². The second kappa shape index (κ2) is 5.62. The lowest BCUT2D eigenvalue weighted by molar-refractivity contribution is -0.151. The van der Waals surface area contributed by atoms with Gasteiger partial charge in [-0.05, 0) is 11.8 Å². The van der Waals surface area contributed by atoms with Crippen LogP contribution in [0.15, 0.2) is 0 Å². The topological polar surface area (TPSA) is 63.6 Å². The summed E-state index contributed by atoms with van der Waals surface area (Å²) in [5, 5.41) is 8.29. The second-order valence-electron chi connectivity index (χ2n) is 4.06. The van der Waals surface area contributed by atoms with Crippen molar-refractivity contribution in [2.75, 3.05) is 6.61 Å². The molecule has 0 radical (unpaired) electrons. The summed E-state index contributed by atoms with van der Waals surface area (Å²) in [6, 6.07) is 0. The minimum Gasteiger partial charge on any atom is -0.481 e. The van der Waals surface area contributed by atoms with Crippen molar-refractivity contribution in [3.63, 3.8) is 0 Å². The first-order valence-electron chi connectivity index (χ1n) is 4.75. The zero-order valence-corrected chi connectivity index (χ0v) is 9.00. The molecule has 0 bridgehead atoms. The Morgan fingerprint density at radius 3 is 2.36 bits per heavy atom. The molecule has 0 aromatic carbocycles. The van der Waals surface area contributed by atoms with E-state index in [1.807, 2.05) is 0 Å². The molecule has 0 rings (SSSR count). The van der Waals surface area contributed by atoms with Gasteiger partial charge in [-0.2, -0.15) is 0 Å². The maximum Gasteiger partial charge on any atom is 0.317 e. The quantitative estimate of drug-likeness (QED) is 0.527. The maximum atomic E-state index is 10.8. The highest BCUT2D eigenvalue weighted by atomic mass is 16.5. The Kier molecular flexibility index (Phi) is 5.20. The van der Waals surface area contributed by atoms with Crippen molar-refractivity contribution in [1.82, 2.24) is 0 Å². The van der Waals surface area contributed by atoms with Crippen molar-refractivity contribution >= 4 is 11.9 Å². The summed E-state index contributed by atoms with van der Waals surface area (Å²) >= 11 is 0. The molecule has 82 valence electrons. The van der Waals surface area contributed by atoms with Crippen molar-refractivity contribution in [2.45, 2.75) is 40.0 Å². The van der Waals surface area contributed by atoms with Crippen LogP contribution in [0, 0.1) is 5.41 Å². The third-order valence-corrected chi connectivity index (χ3v) is 2.29. The Hall–Kier alpha value is -1.06. The molecular weight excluding hydrogens is 184 g/mol. The van der Waals surface area contributed by atoms with Crippen LogP contribution in [0.4, 0.5) is 0 Å². The van der Waals surface area contributed by atoms with Gasteiger partial charge >= 0.3 is 11.9 Å². The van der Waals surface area contributed by atoms with Crippen LogP contribution in [-0.4, -0.2) is 23.7 Å². The molecular formula is C10H18O4. The fourth-order valence-corrected chi connectivity index (χ4v) is 0.792. The van der Waals surface area contributed by atoms with Gasteiger partial charge in [-0.3, -0.25) is 9.59 Å². The summed E-state index contributed by atoms with van der Waals surface area (Å²) in [7, 11) is 0. The summed E-state index contributed by atoms with van der Waals surface area (Å²) in [4.78, 5) is 20.9. The van der Waals surface area contributed by atoms with Crippen LogP contribution in [0.5, 0.6) is 0 Å². The van der Waals surface area contributed by atoms with Crippen molar-refractivity contribution in [1.29, 1.82) is 0 Å². The highest BCUT2D eigenvalue weighted by molar-refractivity contribution is 5.90. The highest BCUT2D eigenvalue weighted by Gasteiger charge is 2.16. The fourth-order valence-electron chi connectivity index (χ4n) is 0.792. The molecule has 0 aliphatic carbocycles. The van der Waals surface area contributed by atoms with Gasteiger partial charge < -0.3 is 9.84 Å². The van der Waals surface area contributed by atoms with Gasteiger partial charge in [0.2, 0.25) is 0 Å². The normalized spacial score (nSPS) is 11.1. The van der Waals surface area contributed by atoms with E-state index in [1.165, 1.54) is 0 Å². The first-order valence-corrected chi connectivity index (χ1v) is 4.75. The van der Waals surface area contributed by atoms with E-state index in [1.54, 1.807) is 0 Å². The first-order chi connectivity index (χ1) is 6.37. The molecule has 0 saturated carbocycles. The number of aliphatic carboxylic acids is 1. The third kappa shape index (κ3) is 6.46. The molecule has 0 heterocycles. The first kappa shape index (κ1) is 12.9. The average Bonchev–Trinajstić information content (AvgIpc) is 2.02. The molecule has 0 amide bonds. The Morgan fingerprint density at radius 1 is 1.36 bits per heavy atom. The largest absolute Gasteiger partial charge is 0.481 e. The number of carbonyl (C=O) groups excluding carboxylic acids is 1. The Balaban J connectivity index is 3.64. The number of carboxylic acids is 1. The van der Waals surface area contributed by atoms with E-state index in [2.05, 4.69) is 20.8 Å². The number of esters is 1. The van der Waals surface area contributed by atoms with Crippen LogP contribution in [0.25, 0.3) is 0 Å². The van der Waals surface area contributed by atoms with Gasteiger partial charge in [-0.15, -0.1) is 0 Å². The summed E-state index contributed by atoms with van der Waals surface area (Å²) < 4.78 is 4.77. The van der Waals surface area contributed by atoms with Crippen molar-refractivity contribution in [2.24, 2.45) is 5.41 Å². The predicted molar refractivity (Wildman–Crippen MR) is 51.9 cm³/mol. The van der Waals surface area contributed by atoms with Crippen LogP contribution in [-0.2, 0) is 14.3 Å². The number of hydrogen-bond donors (Lipinski definition) is 1. The summed E-state index contributed by atoms with van der Waals surface area (Å²) in [5.41, 5.74) is 0.142. The highest BCUT2D eigenvalue weighted by Crippen LogP contribution is 2.23. The molecule has 0 atom stereocenters. The van der Waals surface area contributed by atoms with Gasteiger partial charge in [0, 0.05) is 0 Å². The SMILES string of the molecule is CCC(C)(C)CCOC(=O)CC(=O)O. The third-order valence-electron chi connectivity index (χ3n) is 2.29. The zero-order valence-electron chi connectivity index (χ0n) is 9.00. The van der Waals surface area contributed by atoms with E-state index in [4.69, 9.17) is 9.84 Å². The molecule has 0 aromatic rings. The van der Waals surface area contributed by atoms with Gasteiger partial charge in [0.1, 0.15) is 6.42 Å². The molecule has 4 heteroatoms. The molecule has 0 aliphatic heterocycles. The summed E-state index contributed by atoms with van der Waals surface area (Å²) in [5.74, 6) is -1.81. The minimum absolute atomic E-state index is 0.142.